The van der Waals surface area contributed by atoms with Crippen molar-refractivity contribution in [2.75, 3.05) is 7.11 Å². The first kappa shape index (κ1) is 29.8. The lowest BCUT2D eigenvalue weighted by Crippen LogP contribution is -2.61. The maximum Gasteiger partial charge on any atom is 0.408 e. The highest BCUT2D eigenvalue weighted by Gasteiger charge is 2.57. The van der Waals surface area contributed by atoms with Crippen LogP contribution in [0.2, 0.25) is 0 Å². The Hall–Kier alpha value is -3.85. The molecule has 1 aliphatic heterocycles. The first-order chi connectivity index (χ1) is 21.5. The Morgan fingerprint density at radius 3 is 2.20 bits per heavy atom. The Balaban J connectivity index is 1.14. The standard InChI is InChI=1S/C36H43N3O6/c1-35(2,3)45-34(42)39-31(36-17-20-13-21(18-36)15-22(14-20)19-36)33(41)44-24-11-9-23(10-12-24)29-30-26(16-28(38-29)32(40)43-4)25-7-5-6-8-27(25)37-30/h5-12,20-22,28-29,31,37-38H,13-19H2,1-4H3,(H,39,42)/t20?,21?,22?,28?,29-,31+,36?/m0/s1. The van der Waals surface area contributed by atoms with Crippen molar-refractivity contribution in [2.45, 2.75) is 89.4 Å². The number of para-hydroxylation sites is 1. The minimum absolute atomic E-state index is 0.288. The van der Waals surface area contributed by atoms with Gasteiger partial charge in [0.15, 0.2) is 0 Å². The van der Waals surface area contributed by atoms with E-state index < -0.39 is 29.7 Å². The van der Waals surface area contributed by atoms with Gasteiger partial charge >= 0.3 is 18.0 Å². The van der Waals surface area contributed by atoms with Crippen molar-refractivity contribution in [1.82, 2.24) is 15.6 Å². The number of ether oxygens (including phenoxy) is 3. The number of amides is 1. The van der Waals surface area contributed by atoms with Crippen LogP contribution in [0.3, 0.4) is 0 Å². The smallest absolute Gasteiger partial charge is 0.408 e. The predicted octanol–water partition coefficient (Wildman–Crippen LogP) is 5.96. The minimum Gasteiger partial charge on any atom is -0.468 e. The zero-order valence-corrected chi connectivity index (χ0v) is 26.5. The van der Waals surface area contributed by atoms with Crippen LogP contribution < -0.4 is 15.4 Å². The predicted molar refractivity (Wildman–Crippen MR) is 169 cm³/mol. The summed E-state index contributed by atoms with van der Waals surface area (Å²) in [7, 11) is 1.40. The normalized spacial score (nSPS) is 29.1. The van der Waals surface area contributed by atoms with Crippen molar-refractivity contribution in [2.24, 2.45) is 23.2 Å². The molecule has 3 atom stereocenters. The molecule has 238 valence electrons. The number of nitrogens with one attached hydrogen (secondary N) is 3. The largest absolute Gasteiger partial charge is 0.468 e. The SMILES string of the molecule is COC(=O)C1Cc2c([nH]c3ccccc23)[C@H](c2ccc(OC(=O)[C@@H](NC(=O)OC(C)(C)C)C34CC5CC(CC(C5)C3)C4)cc2)N1. The summed E-state index contributed by atoms with van der Waals surface area (Å²) in [5, 5.41) is 7.51. The second kappa shape index (κ2) is 11.2. The van der Waals surface area contributed by atoms with Crippen molar-refractivity contribution >= 4 is 28.9 Å². The fourth-order valence-electron chi connectivity index (χ4n) is 9.11. The summed E-state index contributed by atoms with van der Waals surface area (Å²) in [6, 6.07) is 13.9. The van der Waals surface area contributed by atoms with E-state index in [0.717, 1.165) is 47.0 Å². The number of esters is 2. The number of H-pyrrole nitrogens is 1. The van der Waals surface area contributed by atoms with Gasteiger partial charge in [0.1, 0.15) is 23.4 Å². The zero-order chi connectivity index (χ0) is 31.5. The van der Waals surface area contributed by atoms with E-state index in [1.54, 1.807) is 12.1 Å². The summed E-state index contributed by atoms with van der Waals surface area (Å²) >= 11 is 0. The Labute approximate surface area is 263 Å². The molecule has 0 spiro atoms. The molecule has 0 radical (unpaired) electrons. The van der Waals surface area contributed by atoms with Gasteiger partial charge in [-0.1, -0.05) is 30.3 Å². The Bertz CT molecular complexity index is 1580. The monoisotopic (exact) mass is 613 g/mol. The second-order valence-corrected chi connectivity index (χ2v) is 14.8. The van der Waals surface area contributed by atoms with E-state index in [1.807, 2.05) is 51.1 Å². The fraction of sp³-hybridized carbons (Fsp3) is 0.528. The number of rotatable bonds is 6. The van der Waals surface area contributed by atoms with Gasteiger partial charge in [-0.2, -0.15) is 0 Å². The molecule has 9 nitrogen and oxygen atoms in total. The summed E-state index contributed by atoms with van der Waals surface area (Å²) in [6.45, 7) is 5.46. The van der Waals surface area contributed by atoms with Gasteiger partial charge < -0.3 is 24.5 Å². The van der Waals surface area contributed by atoms with E-state index in [-0.39, 0.29) is 17.4 Å². The van der Waals surface area contributed by atoms with Gasteiger partial charge in [-0.05, 0) is 106 Å². The van der Waals surface area contributed by atoms with Crippen molar-refractivity contribution < 1.29 is 28.6 Å². The number of fused-ring (bicyclic) bond motifs is 3. The number of benzene rings is 2. The summed E-state index contributed by atoms with van der Waals surface area (Å²) in [4.78, 5) is 43.2. The summed E-state index contributed by atoms with van der Waals surface area (Å²) in [6.07, 6.45) is 6.37. The third-order valence-electron chi connectivity index (χ3n) is 10.4. The van der Waals surface area contributed by atoms with Crippen molar-refractivity contribution in [1.29, 1.82) is 0 Å². The van der Waals surface area contributed by atoms with Gasteiger partial charge in [-0.3, -0.25) is 10.1 Å². The van der Waals surface area contributed by atoms with Gasteiger partial charge in [-0.25, -0.2) is 9.59 Å². The van der Waals surface area contributed by atoms with Crippen LogP contribution in [0, 0.1) is 23.2 Å². The van der Waals surface area contributed by atoms with Crippen LogP contribution in [0.15, 0.2) is 48.5 Å². The van der Waals surface area contributed by atoms with E-state index in [4.69, 9.17) is 14.2 Å². The van der Waals surface area contributed by atoms with Crippen LogP contribution in [0.25, 0.3) is 10.9 Å². The van der Waals surface area contributed by atoms with Gasteiger partial charge in [0.2, 0.25) is 0 Å². The molecule has 4 aliphatic carbocycles. The van der Waals surface area contributed by atoms with Crippen LogP contribution in [-0.2, 0) is 25.5 Å². The molecule has 4 bridgehead atoms. The molecular formula is C36H43N3O6. The molecule has 5 aliphatic rings. The number of aromatic amines is 1. The molecule has 3 N–H and O–H groups in total. The Morgan fingerprint density at radius 2 is 1.58 bits per heavy atom. The number of alkyl carbamates (subject to hydrolysis) is 1. The molecule has 9 heteroatoms. The summed E-state index contributed by atoms with van der Waals surface area (Å²) in [5.41, 5.74) is 3.03. The molecule has 4 fully saturated rings. The van der Waals surface area contributed by atoms with Crippen LogP contribution in [-0.4, -0.2) is 47.8 Å². The van der Waals surface area contributed by atoms with Gasteiger partial charge in [0, 0.05) is 28.4 Å². The number of carbonyl (C=O) groups excluding carboxylic acids is 3. The highest BCUT2D eigenvalue weighted by molar-refractivity contribution is 5.87. The van der Waals surface area contributed by atoms with E-state index in [9.17, 15) is 14.4 Å². The first-order valence-electron chi connectivity index (χ1n) is 16.2. The molecule has 8 rings (SSSR count). The quantitative estimate of drug-likeness (QED) is 0.232. The minimum atomic E-state index is -0.782. The third-order valence-corrected chi connectivity index (χ3v) is 10.4. The van der Waals surface area contributed by atoms with Gasteiger partial charge in [-0.15, -0.1) is 0 Å². The average Bonchev–Trinajstić information content (AvgIpc) is 3.36. The molecule has 45 heavy (non-hydrogen) atoms. The fourth-order valence-corrected chi connectivity index (χ4v) is 9.11. The number of methoxy groups -OCH3 is 1. The van der Waals surface area contributed by atoms with E-state index >= 15 is 0 Å². The highest BCUT2D eigenvalue weighted by atomic mass is 16.6. The third kappa shape index (κ3) is 5.71. The lowest BCUT2D eigenvalue weighted by molar-refractivity contribution is -0.148. The number of aromatic nitrogens is 1. The van der Waals surface area contributed by atoms with E-state index in [1.165, 1.54) is 26.4 Å². The topological polar surface area (TPSA) is 119 Å². The highest BCUT2D eigenvalue weighted by Crippen LogP contribution is 2.61. The van der Waals surface area contributed by atoms with Crippen molar-refractivity contribution in [3.05, 3.63) is 65.4 Å². The van der Waals surface area contributed by atoms with E-state index in [0.29, 0.717) is 29.9 Å². The van der Waals surface area contributed by atoms with Crippen molar-refractivity contribution in [3.63, 3.8) is 0 Å². The molecule has 1 aromatic heterocycles. The molecule has 0 saturated heterocycles. The zero-order valence-electron chi connectivity index (χ0n) is 26.5. The molecule has 2 heterocycles. The molecule has 3 aromatic rings. The molecule has 4 saturated carbocycles. The van der Waals surface area contributed by atoms with Crippen LogP contribution in [0.1, 0.15) is 82.2 Å². The molecule has 2 aromatic carbocycles. The molecular weight excluding hydrogens is 570 g/mol. The second-order valence-electron chi connectivity index (χ2n) is 14.8. The first-order valence-corrected chi connectivity index (χ1v) is 16.2. The average molecular weight is 614 g/mol. The lowest BCUT2D eigenvalue weighted by atomic mass is 9.47. The van der Waals surface area contributed by atoms with Crippen LogP contribution in [0.5, 0.6) is 5.75 Å². The summed E-state index contributed by atoms with van der Waals surface area (Å²) < 4.78 is 16.7. The maximum atomic E-state index is 14.0. The molecule has 1 amide bonds. The van der Waals surface area contributed by atoms with Crippen molar-refractivity contribution in [3.8, 4) is 5.75 Å². The molecule has 1 unspecified atom stereocenters. The lowest BCUT2D eigenvalue weighted by Gasteiger charge is -2.58. The Morgan fingerprint density at radius 1 is 0.933 bits per heavy atom. The van der Waals surface area contributed by atoms with E-state index in [2.05, 4.69) is 21.7 Å². The van der Waals surface area contributed by atoms with Gasteiger partial charge in [0.05, 0.1) is 13.2 Å². The Kier molecular flexibility index (Phi) is 7.42. The summed E-state index contributed by atoms with van der Waals surface area (Å²) in [5.74, 6) is 1.43. The van der Waals surface area contributed by atoms with Crippen LogP contribution in [0.4, 0.5) is 4.79 Å². The number of hydrogen-bond donors (Lipinski definition) is 3. The van der Waals surface area contributed by atoms with Gasteiger partial charge in [0.25, 0.3) is 0 Å². The number of hydrogen-bond acceptors (Lipinski definition) is 7. The maximum absolute atomic E-state index is 14.0. The van der Waals surface area contributed by atoms with Crippen LogP contribution >= 0.6 is 0 Å². The number of carbonyl (C=O) groups is 3.